The highest BCUT2D eigenvalue weighted by Gasteiger charge is 2.41. The fourth-order valence-corrected chi connectivity index (χ4v) is 3.73. The first-order valence-corrected chi connectivity index (χ1v) is 10.3. The summed E-state index contributed by atoms with van der Waals surface area (Å²) in [5.41, 5.74) is 2.95. The van der Waals surface area contributed by atoms with Gasteiger partial charge in [-0.1, -0.05) is 53.6 Å². The topological polar surface area (TPSA) is 67.9 Å². The van der Waals surface area contributed by atoms with Gasteiger partial charge in [0, 0.05) is 23.9 Å². The van der Waals surface area contributed by atoms with Crippen LogP contribution in [-0.2, 0) is 9.59 Å². The van der Waals surface area contributed by atoms with E-state index in [1.807, 2.05) is 31.2 Å². The molecule has 32 heavy (non-hydrogen) atoms. The number of carbonyl (C=O) groups is 2. The fraction of sp³-hybridized carbons (Fsp3) is 0.120. The number of rotatable bonds is 6. The second kappa shape index (κ2) is 8.77. The highest BCUT2D eigenvalue weighted by Crippen LogP contribution is 2.37. The molecule has 1 N–H and O–H groups in total. The number of benzene rings is 3. The molecule has 1 heterocycles. The lowest BCUT2D eigenvalue weighted by atomic mass is 10.0. The van der Waals surface area contributed by atoms with Crippen LogP contribution in [0.5, 0.6) is 11.5 Å². The quantitative estimate of drug-likeness (QED) is 0.534. The van der Waals surface area contributed by atoms with Crippen LogP contribution in [0.25, 0.3) is 5.57 Å². The molecule has 6 nitrogen and oxygen atoms in total. The molecule has 0 saturated heterocycles. The molecule has 0 aromatic heterocycles. The lowest BCUT2D eigenvalue weighted by molar-refractivity contribution is -0.120. The number of aryl methyl sites for hydroxylation is 1. The molecule has 4 rings (SSSR count). The van der Waals surface area contributed by atoms with Gasteiger partial charge in [-0.05, 0) is 24.6 Å². The van der Waals surface area contributed by atoms with Gasteiger partial charge in [-0.3, -0.25) is 9.59 Å². The van der Waals surface area contributed by atoms with E-state index in [9.17, 15) is 9.59 Å². The molecule has 2 amide bonds. The molecule has 1 aliphatic heterocycles. The van der Waals surface area contributed by atoms with E-state index in [1.54, 1.807) is 56.7 Å². The average Bonchev–Trinajstić information content (AvgIpc) is 3.04. The van der Waals surface area contributed by atoms with Crippen LogP contribution < -0.4 is 19.7 Å². The molecule has 1 aliphatic rings. The third kappa shape index (κ3) is 3.92. The van der Waals surface area contributed by atoms with E-state index < -0.39 is 11.8 Å². The summed E-state index contributed by atoms with van der Waals surface area (Å²) in [6, 6.07) is 19.3. The van der Waals surface area contributed by atoms with Crippen LogP contribution >= 0.6 is 11.6 Å². The Hall–Kier alpha value is -3.77. The van der Waals surface area contributed by atoms with Crippen LogP contribution in [0.15, 0.2) is 72.4 Å². The summed E-state index contributed by atoms with van der Waals surface area (Å²) >= 11 is 6.32. The second-order valence-corrected chi connectivity index (χ2v) is 7.65. The molecule has 0 unspecified atom stereocenters. The number of nitrogens with one attached hydrogen (secondary N) is 1. The van der Waals surface area contributed by atoms with Crippen molar-refractivity contribution in [1.29, 1.82) is 0 Å². The van der Waals surface area contributed by atoms with Crippen molar-refractivity contribution in [2.75, 3.05) is 24.4 Å². The molecule has 3 aromatic carbocycles. The van der Waals surface area contributed by atoms with Crippen molar-refractivity contribution in [3.05, 3.63) is 88.6 Å². The zero-order valence-electron chi connectivity index (χ0n) is 17.8. The summed E-state index contributed by atoms with van der Waals surface area (Å²) in [6.07, 6.45) is 0. The molecule has 0 radical (unpaired) electrons. The predicted octanol–water partition coefficient (Wildman–Crippen LogP) is 5.06. The van der Waals surface area contributed by atoms with Crippen LogP contribution in [0.1, 0.15) is 11.1 Å². The number of anilines is 2. The van der Waals surface area contributed by atoms with Gasteiger partial charge in [0.1, 0.15) is 17.2 Å². The summed E-state index contributed by atoms with van der Waals surface area (Å²) in [5.74, 6) is 0.137. The number of carbonyl (C=O) groups excluding carboxylic acids is 2. The Morgan fingerprint density at radius 1 is 0.844 bits per heavy atom. The predicted molar refractivity (Wildman–Crippen MR) is 125 cm³/mol. The number of methoxy groups -OCH3 is 2. The molecule has 7 heteroatoms. The van der Waals surface area contributed by atoms with Gasteiger partial charge in [-0.25, -0.2) is 4.90 Å². The maximum Gasteiger partial charge on any atom is 0.282 e. The summed E-state index contributed by atoms with van der Waals surface area (Å²) in [4.78, 5) is 28.1. The number of nitrogens with zero attached hydrogens (tertiary/aromatic N) is 1. The van der Waals surface area contributed by atoms with Gasteiger partial charge in [0.05, 0.1) is 30.5 Å². The first-order valence-electron chi connectivity index (χ1n) is 9.87. The maximum atomic E-state index is 13.5. The van der Waals surface area contributed by atoms with Crippen LogP contribution in [0.3, 0.4) is 0 Å². The first-order chi connectivity index (χ1) is 15.4. The van der Waals surface area contributed by atoms with E-state index >= 15 is 0 Å². The van der Waals surface area contributed by atoms with Crippen molar-refractivity contribution in [1.82, 2.24) is 0 Å². The normalized spacial score (nSPS) is 13.6. The summed E-state index contributed by atoms with van der Waals surface area (Å²) in [7, 11) is 3.08. The third-order valence-electron chi connectivity index (χ3n) is 5.14. The Morgan fingerprint density at radius 2 is 1.47 bits per heavy atom. The van der Waals surface area contributed by atoms with Crippen molar-refractivity contribution in [3.8, 4) is 11.5 Å². The van der Waals surface area contributed by atoms with E-state index in [0.717, 1.165) is 10.5 Å². The lowest BCUT2D eigenvalue weighted by Crippen LogP contribution is -2.32. The molecule has 0 aliphatic carbocycles. The second-order valence-electron chi connectivity index (χ2n) is 7.24. The summed E-state index contributed by atoms with van der Waals surface area (Å²) < 4.78 is 10.6. The van der Waals surface area contributed by atoms with Crippen LogP contribution in [0, 0.1) is 6.92 Å². The van der Waals surface area contributed by atoms with Gasteiger partial charge >= 0.3 is 0 Å². The minimum atomic E-state index is -0.500. The van der Waals surface area contributed by atoms with Crippen molar-refractivity contribution >= 4 is 40.4 Å². The van der Waals surface area contributed by atoms with Gasteiger partial charge in [-0.15, -0.1) is 0 Å². The Morgan fingerprint density at radius 3 is 2.06 bits per heavy atom. The standard InChI is InChI=1S/C25H21ClN2O4/c1-15-8-10-16(11-9-15)22-23(27-17-12-18(31-2)14-19(13-17)32-3)25(30)28(24(22)29)21-7-5-4-6-20(21)26/h4-14,27H,1-3H3. The Labute approximate surface area is 191 Å². The molecule has 0 atom stereocenters. The van der Waals surface area contributed by atoms with E-state index in [4.69, 9.17) is 21.1 Å². The van der Waals surface area contributed by atoms with Gasteiger partial charge in [0.2, 0.25) is 0 Å². The highest BCUT2D eigenvalue weighted by atomic mass is 35.5. The SMILES string of the molecule is COc1cc(NC2=C(c3ccc(C)cc3)C(=O)N(c3ccccc3Cl)C2=O)cc(OC)c1. The number of para-hydroxylation sites is 1. The number of halogens is 1. The van der Waals surface area contributed by atoms with E-state index in [0.29, 0.717) is 33.5 Å². The smallest absolute Gasteiger partial charge is 0.282 e. The fourth-order valence-electron chi connectivity index (χ4n) is 3.51. The zero-order chi connectivity index (χ0) is 22.8. The molecule has 0 bridgehead atoms. The summed E-state index contributed by atoms with van der Waals surface area (Å²) in [6.45, 7) is 1.96. The van der Waals surface area contributed by atoms with Crippen molar-refractivity contribution in [2.45, 2.75) is 6.92 Å². The van der Waals surface area contributed by atoms with Crippen LogP contribution in [0.4, 0.5) is 11.4 Å². The minimum Gasteiger partial charge on any atom is -0.497 e. The number of hydrogen-bond acceptors (Lipinski definition) is 5. The van der Waals surface area contributed by atoms with Crippen molar-refractivity contribution in [3.63, 3.8) is 0 Å². The number of imide groups is 1. The van der Waals surface area contributed by atoms with Gasteiger partial charge in [0.25, 0.3) is 11.8 Å². The molecule has 0 saturated carbocycles. The monoisotopic (exact) mass is 448 g/mol. The molecule has 0 fully saturated rings. The molecule has 3 aromatic rings. The summed E-state index contributed by atoms with van der Waals surface area (Å²) in [5, 5.41) is 3.42. The van der Waals surface area contributed by atoms with E-state index in [1.165, 1.54) is 0 Å². The van der Waals surface area contributed by atoms with Gasteiger partial charge in [0.15, 0.2) is 0 Å². The van der Waals surface area contributed by atoms with Crippen molar-refractivity contribution in [2.24, 2.45) is 0 Å². The third-order valence-corrected chi connectivity index (χ3v) is 5.46. The van der Waals surface area contributed by atoms with Gasteiger partial charge < -0.3 is 14.8 Å². The van der Waals surface area contributed by atoms with Crippen LogP contribution in [-0.4, -0.2) is 26.0 Å². The molecule has 162 valence electrons. The maximum absolute atomic E-state index is 13.5. The average molecular weight is 449 g/mol. The largest absolute Gasteiger partial charge is 0.497 e. The van der Waals surface area contributed by atoms with Gasteiger partial charge in [-0.2, -0.15) is 0 Å². The highest BCUT2D eigenvalue weighted by molar-refractivity contribution is 6.48. The Kier molecular flexibility index (Phi) is 5.88. The minimum absolute atomic E-state index is 0.147. The number of hydrogen-bond donors (Lipinski definition) is 1. The molecular weight excluding hydrogens is 428 g/mol. The van der Waals surface area contributed by atoms with E-state index in [2.05, 4.69) is 5.32 Å². The molecule has 0 spiro atoms. The Balaban J connectivity index is 1.85. The number of amides is 2. The van der Waals surface area contributed by atoms with E-state index in [-0.39, 0.29) is 11.3 Å². The van der Waals surface area contributed by atoms with Crippen molar-refractivity contribution < 1.29 is 19.1 Å². The van der Waals surface area contributed by atoms with Crippen LogP contribution in [0.2, 0.25) is 5.02 Å². The molecular formula is C25H21ClN2O4. The zero-order valence-corrected chi connectivity index (χ0v) is 18.6. The first kappa shape index (κ1) is 21.5. The Bertz CT molecular complexity index is 1210. The lowest BCUT2D eigenvalue weighted by Gasteiger charge is -2.17. The number of ether oxygens (including phenoxy) is 2.